The molecule has 4 heteroatoms. The molecule has 24 heavy (non-hydrogen) atoms. The normalized spacial score (nSPS) is 10.1. The number of hydrogen-bond acceptors (Lipinski definition) is 4. The maximum absolute atomic E-state index is 5.08. The molecule has 0 saturated heterocycles. The fraction of sp³-hybridized carbons (Fsp3) is 0.300. The average molecular weight is 377 g/mol. The third-order valence-corrected chi connectivity index (χ3v) is 6.24. The number of furan rings is 1. The molecule has 0 aromatic carbocycles. The molecule has 0 unspecified atom stereocenters. The molecule has 0 aliphatic rings. The molecule has 0 aliphatic heterocycles. The van der Waals surface area contributed by atoms with Gasteiger partial charge >= 0.3 is 0 Å². The molecule has 0 bridgehead atoms. The number of thiophene rings is 3. The first-order valence-corrected chi connectivity index (χ1v) is 10.3. The van der Waals surface area contributed by atoms with E-state index in [4.69, 9.17) is 4.42 Å². The van der Waals surface area contributed by atoms with Gasteiger partial charge in [-0.3, -0.25) is 0 Å². The van der Waals surface area contributed by atoms with Gasteiger partial charge in [0.25, 0.3) is 0 Å². The zero-order chi connectivity index (χ0) is 17.7. The van der Waals surface area contributed by atoms with Gasteiger partial charge in [0.1, 0.15) is 11.5 Å². The number of rotatable bonds is 0. The highest BCUT2D eigenvalue weighted by Gasteiger charge is 2.00. The first kappa shape index (κ1) is 19.0. The van der Waals surface area contributed by atoms with Crippen molar-refractivity contribution in [1.29, 1.82) is 0 Å². The Kier molecular flexibility index (Phi) is 6.84. The molecule has 4 aromatic heterocycles. The van der Waals surface area contributed by atoms with Gasteiger partial charge in [0.2, 0.25) is 0 Å². The number of aryl methyl sites for hydroxylation is 6. The minimum atomic E-state index is 0.984. The number of hydrogen-bond donors (Lipinski definition) is 0. The molecule has 0 saturated carbocycles. The predicted octanol–water partition coefficient (Wildman–Crippen LogP) is 7.84. The van der Waals surface area contributed by atoms with E-state index in [0.717, 1.165) is 11.5 Å². The zero-order valence-electron chi connectivity index (χ0n) is 15.1. The van der Waals surface area contributed by atoms with Gasteiger partial charge in [-0.2, -0.15) is 0 Å². The summed E-state index contributed by atoms with van der Waals surface area (Å²) in [7, 11) is 0. The Bertz CT molecular complexity index is 755. The van der Waals surface area contributed by atoms with Crippen LogP contribution in [0.5, 0.6) is 0 Å². The summed E-state index contributed by atoms with van der Waals surface area (Å²) in [6, 6.07) is 12.7. The van der Waals surface area contributed by atoms with Crippen LogP contribution in [0.25, 0.3) is 9.40 Å². The number of fused-ring (bicyclic) bond motifs is 1. The molecular weight excluding hydrogens is 352 g/mol. The summed E-state index contributed by atoms with van der Waals surface area (Å²) in [6.45, 7) is 12.4. The quantitative estimate of drug-likeness (QED) is 0.304. The van der Waals surface area contributed by atoms with Crippen LogP contribution in [0.1, 0.15) is 31.0 Å². The standard InChI is InChI=1S/C8H8S2.C6H8O.C6H8S/c1-5-3-7-8(9-5)4-6(2)10-7;2*1-5-3-4-6(2)7-5/h3-4H,1-2H3;2*3-4H,1-2H3. The lowest BCUT2D eigenvalue weighted by atomic mass is 10.4. The van der Waals surface area contributed by atoms with Gasteiger partial charge in [0.15, 0.2) is 0 Å². The van der Waals surface area contributed by atoms with E-state index in [0.29, 0.717) is 0 Å². The van der Waals surface area contributed by atoms with Crippen LogP contribution >= 0.6 is 34.0 Å². The van der Waals surface area contributed by atoms with E-state index >= 15 is 0 Å². The maximum atomic E-state index is 5.08. The summed E-state index contributed by atoms with van der Waals surface area (Å²) in [5, 5.41) is 0. The largest absolute Gasteiger partial charge is 0.467 e. The molecule has 0 amide bonds. The molecule has 1 nitrogen and oxygen atoms in total. The Hall–Kier alpha value is -1.36. The SMILES string of the molecule is Cc1cc2sc(C)cc2s1.Cc1ccc(C)o1.Cc1ccc(C)s1. The van der Waals surface area contributed by atoms with Crippen molar-refractivity contribution in [2.75, 3.05) is 0 Å². The van der Waals surface area contributed by atoms with Crippen molar-refractivity contribution in [3.05, 3.63) is 67.4 Å². The highest BCUT2D eigenvalue weighted by Crippen LogP contribution is 2.31. The van der Waals surface area contributed by atoms with Gasteiger partial charge in [0.05, 0.1) is 0 Å². The van der Waals surface area contributed by atoms with Crippen LogP contribution in [0.15, 0.2) is 40.8 Å². The van der Waals surface area contributed by atoms with Crippen molar-refractivity contribution in [3.8, 4) is 0 Å². The second-order valence-corrected chi connectivity index (χ2v) is 9.82. The Morgan fingerprint density at radius 3 is 1.21 bits per heavy atom. The molecule has 0 atom stereocenters. The molecule has 0 fully saturated rings. The van der Waals surface area contributed by atoms with E-state index in [9.17, 15) is 0 Å². The maximum Gasteiger partial charge on any atom is 0.101 e. The van der Waals surface area contributed by atoms with Crippen LogP contribution in [0.3, 0.4) is 0 Å². The van der Waals surface area contributed by atoms with Crippen molar-refractivity contribution >= 4 is 43.4 Å². The summed E-state index contributed by atoms with van der Waals surface area (Å²) in [6.07, 6.45) is 0. The molecule has 4 aromatic rings. The van der Waals surface area contributed by atoms with Crippen molar-refractivity contribution in [1.82, 2.24) is 0 Å². The molecule has 0 radical (unpaired) electrons. The van der Waals surface area contributed by atoms with E-state index in [1.807, 2.05) is 60.0 Å². The topological polar surface area (TPSA) is 13.1 Å². The molecule has 128 valence electrons. The van der Waals surface area contributed by atoms with Gasteiger partial charge in [-0.25, -0.2) is 0 Å². The van der Waals surface area contributed by atoms with Gasteiger partial charge in [0, 0.05) is 28.9 Å². The summed E-state index contributed by atoms with van der Waals surface area (Å²) >= 11 is 5.61. The predicted molar refractivity (Wildman–Crippen MR) is 111 cm³/mol. The van der Waals surface area contributed by atoms with Crippen molar-refractivity contribution in [2.45, 2.75) is 41.5 Å². The van der Waals surface area contributed by atoms with Gasteiger partial charge in [-0.05, 0) is 77.9 Å². The summed E-state index contributed by atoms with van der Waals surface area (Å²) in [4.78, 5) is 5.64. The van der Waals surface area contributed by atoms with Crippen LogP contribution in [0.4, 0.5) is 0 Å². The second-order valence-electron chi connectivity index (χ2n) is 5.76. The highest BCUT2D eigenvalue weighted by atomic mass is 32.1. The van der Waals surface area contributed by atoms with E-state index in [-0.39, 0.29) is 0 Å². The van der Waals surface area contributed by atoms with Gasteiger partial charge in [-0.15, -0.1) is 34.0 Å². The van der Waals surface area contributed by atoms with Crippen LogP contribution < -0.4 is 0 Å². The fourth-order valence-electron chi connectivity index (χ4n) is 2.19. The van der Waals surface area contributed by atoms with Crippen LogP contribution in [-0.2, 0) is 0 Å². The first-order chi connectivity index (χ1) is 11.3. The Labute approximate surface area is 156 Å². The monoisotopic (exact) mass is 376 g/mol. The van der Waals surface area contributed by atoms with Crippen LogP contribution in [-0.4, -0.2) is 0 Å². The minimum Gasteiger partial charge on any atom is -0.467 e. The van der Waals surface area contributed by atoms with Crippen molar-refractivity contribution < 1.29 is 4.42 Å². The molecule has 0 spiro atoms. The lowest BCUT2D eigenvalue weighted by Gasteiger charge is -1.76. The third-order valence-electron chi connectivity index (χ3n) is 3.20. The minimum absolute atomic E-state index is 0.984. The smallest absolute Gasteiger partial charge is 0.101 e. The van der Waals surface area contributed by atoms with Crippen molar-refractivity contribution in [3.63, 3.8) is 0 Å². The molecular formula is C20H24OS3. The van der Waals surface area contributed by atoms with E-state index in [1.165, 1.54) is 28.9 Å². The Morgan fingerprint density at radius 2 is 0.958 bits per heavy atom. The second kappa shape index (κ2) is 8.65. The summed E-state index contributed by atoms with van der Waals surface area (Å²) in [5.74, 6) is 1.97. The lowest BCUT2D eigenvalue weighted by molar-refractivity contribution is 0.504. The van der Waals surface area contributed by atoms with E-state index in [2.05, 4.69) is 52.0 Å². The zero-order valence-corrected chi connectivity index (χ0v) is 17.5. The highest BCUT2D eigenvalue weighted by molar-refractivity contribution is 7.27. The Morgan fingerprint density at radius 1 is 0.542 bits per heavy atom. The van der Waals surface area contributed by atoms with Crippen LogP contribution in [0.2, 0.25) is 0 Å². The molecule has 4 rings (SSSR count). The average Bonchev–Trinajstić information content (AvgIpc) is 3.20. The lowest BCUT2D eigenvalue weighted by Crippen LogP contribution is -1.53. The van der Waals surface area contributed by atoms with E-state index in [1.54, 1.807) is 0 Å². The molecule has 4 heterocycles. The molecule has 0 aliphatic carbocycles. The van der Waals surface area contributed by atoms with Gasteiger partial charge in [-0.1, -0.05) is 0 Å². The summed E-state index contributed by atoms with van der Waals surface area (Å²) in [5.41, 5.74) is 0. The van der Waals surface area contributed by atoms with Crippen LogP contribution in [0, 0.1) is 41.5 Å². The van der Waals surface area contributed by atoms with Gasteiger partial charge < -0.3 is 4.42 Å². The first-order valence-electron chi connectivity index (χ1n) is 7.86. The van der Waals surface area contributed by atoms with Crippen molar-refractivity contribution in [2.24, 2.45) is 0 Å². The summed E-state index contributed by atoms with van der Waals surface area (Å²) < 4.78 is 7.97. The third kappa shape index (κ3) is 5.93. The molecule has 0 N–H and O–H groups in total. The fourth-order valence-corrected chi connectivity index (χ4v) is 5.21. The Balaban J connectivity index is 0.000000134. The van der Waals surface area contributed by atoms with E-state index < -0.39 is 0 Å².